The van der Waals surface area contributed by atoms with Crippen molar-refractivity contribution in [2.24, 2.45) is 5.92 Å². The van der Waals surface area contributed by atoms with Crippen molar-refractivity contribution in [3.05, 3.63) is 18.2 Å². The van der Waals surface area contributed by atoms with Gasteiger partial charge >= 0.3 is 0 Å². The molecule has 0 spiro atoms. The first-order valence-electron chi connectivity index (χ1n) is 6.49. The second-order valence-corrected chi connectivity index (χ2v) is 5.22. The summed E-state index contributed by atoms with van der Waals surface area (Å²) in [4.78, 5) is 15.9. The first kappa shape index (κ1) is 14.7. The molecule has 1 amide bonds. The first-order valence-corrected chi connectivity index (χ1v) is 6.49. The molecule has 0 radical (unpaired) electrons. The molecule has 5 heteroatoms. The Morgan fingerprint density at radius 3 is 2.72 bits per heavy atom. The van der Waals surface area contributed by atoms with E-state index in [1.54, 1.807) is 6.20 Å². The van der Waals surface area contributed by atoms with Gasteiger partial charge in [0.25, 0.3) is 0 Å². The molecule has 0 bridgehead atoms. The topological polar surface area (TPSA) is 59.0 Å². The fourth-order valence-corrected chi connectivity index (χ4v) is 1.65. The Morgan fingerprint density at radius 1 is 1.39 bits per heavy atom. The van der Waals surface area contributed by atoms with E-state index in [9.17, 15) is 4.79 Å². The summed E-state index contributed by atoms with van der Waals surface area (Å²) in [5.74, 6) is 1.53. The van der Waals surface area contributed by atoms with Crippen LogP contribution < -0.4 is 10.6 Å². The second kappa shape index (κ2) is 7.16. The number of hydrogen-bond acceptors (Lipinski definition) is 3. The Labute approximate surface area is 109 Å². The normalized spacial score (nSPS) is 11.2. The molecular weight excluding hydrogens is 228 g/mol. The van der Waals surface area contributed by atoms with E-state index in [-0.39, 0.29) is 11.9 Å². The summed E-state index contributed by atoms with van der Waals surface area (Å²) in [6.45, 7) is 10.2. The van der Waals surface area contributed by atoms with Gasteiger partial charge in [-0.15, -0.1) is 0 Å². The largest absolute Gasteiger partial charge is 0.352 e. The van der Waals surface area contributed by atoms with E-state index >= 15 is 0 Å². The van der Waals surface area contributed by atoms with Crippen LogP contribution in [0.2, 0.25) is 0 Å². The molecule has 0 aromatic carbocycles. The zero-order valence-corrected chi connectivity index (χ0v) is 11.7. The van der Waals surface area contributed by atoms with Crippen LogP contribution in [-0.2, 0) is 17.9 Å². The third-order valence-electron chi connectivity index (χ3n) is 2.40. The van der Waals surface area contributed by atoms with Crippen molar-refractivity contribution in [3.63, 3.8) is 0 Å². The van der Waals surface area contributed by atoms with Crippen LogP contribution >= 0.6 is 0 Å². The Morgan fingerprint density at radius 2 is 2.11 bits per heavy atom. The minimum absolute atomic E-state index is 0.0214. The lowest BCUT2D eigenvalue weighted by Crippen LogP contribution is -2.33. The molecule has 5 nitrogen and oxygen atoms in total. The average Bonchev–Trinajstić information content (AvgIpc) is 2.63. The highest BCUT2D eigenvalue weighted by Gasteiger charge is 2.08. The van der Waals surface area contributed by atoms with Gasteiger partial charge in [0.05, 0.1) is 6.54 Å². The second-order valence-electron chi connectivity index (χ2n) is 5.22. The van der Waals surface area contributed by atoms with Crippen LogP contribution in [0, 0.1) is 5.92 Å². The quantitative estimate of drug-likeness (QED) is 0.765. The number of carbonyl (C=O) groups is 1. The van der Waals surface area contributed by atoms with E-state index in [4.69, 9.17) is 0 Å². The Bertz CT molecular complexity index is 371. The molecule has 0 atom stereocenters. The van der Waals surface area contributed by atoms with Crippen LogP contribution in [0.25, 0.3) is 0 Å². The van der Waals surface area contributed by atoms with E-state index in [0.717, 1.165) is 12.4 Å². The molecule has 102 valence electrons. The van der Waals surface area contributed by atoms with Gasteiger partial charge in [0.15, 0.2) is 0 Å². The maximum Gasteiger partial charge on any atom is 0.240 e. The van der Waals surface area contributed by atoms with Gasteiger partial charge in [-0.2, -0.15) is 0 Å². The molecule has 0 saturated carbocycles. The molecule has 1 aromatic rings. The zero-order valence-electron chi connectivity index (χ0n) is 11.7. The van der Waals surface area contributed by atoms with Gasteiger partial charge in [-0.05, 0) is 26.3 Å². The fourth-order valence-electron chi connectivity index (χ4n) is 1.65. The zero-order chi connectivity index (χ0) is 13.5. The summed E-state index contributed by atoms with van der Waals surface area (Å²) in [7, 11) is 0. The number of hydrogen-bond donors (Lipinski definition) is 2. The summed E-state index contributed by atoms with van der Waals surface area (Å²) in [5.41, 5.74) is 0. The fraction of sp³-hybridized carbons (Fsp3) is 0.692. The number of nitrogens with zero attached hydrogens (tertiary/aromatic N) is 2. The standard InChI is InChI=1S/C13H24N4O/c1-10(2)7-14-8-12-15-5-6-17(12)9-13(18)16-11(3)4/h5-6,10-11,14H,7-9H2,1-4H3,(H,16,18). The van der Waals surface area contributed by atoms with Crippen LogP contribution in [0.1, 0.15) is 33.5 Å². The maximum atomic E-state index is 11.7. The van der Waals surface area contributed by atoms with Crippen molar-refractivity contribution in [1.82, 2.24) is 20.2 Å². The van der Waals surface area contributed by atoms with Gasteiger partial charge in [0, 0.05) is 18.4 Å². The number of carbonyl (C=O) groups excluding carboxylic acids is 1. The van der Waals surface area contributed by atoms with Gasteiger partial charge in [0.2, 0.25) is 5.91 Å². The smallest absolute Gasteiger partial charge is 0.240 e. The van der Waals surface area contributed by atoms with Crippen LogP contribution in [0.15, 0.2) is 12.4 Å². The molecular formula is C13H24N4O. The van der Waals surface area contributed by atoms with Gasteiger partial charge < -0.3 is 15.2 Å². The SMILES string of the molecule is CC(C)CNCc1nccn1CC(=O)NC(C)C. The lowest BCUT2D eigenvalue weighted by molar-refractivity contribution is -0.122. The first-order chi connectivity index (χ1) is 8.49. The Kier molecular flexibility index (Phi) is 5.85. The highest BCUT2D eigenvalue weighted by Crippen LogP contribution is 1.98. The van der Waals surface area contributed by atoms with Crippen molar-refractivity contribution in [3.8, 4) is 0 Å². The lowest BCUT2D eigenvalue weighted by Gasteiger charge is -2.12. The highest BCUT2D eigenvalue weighted by molar-refractivity contribution is 5.76. The Balaban J connectivity index is 2.46. The minimum Gasteiger partial charge on any atom is -0.352 e. The third-order valence-corrected chi connectivity index (χ3v) is 2.40. The maximum absolute atomic E-state index is 11.7. The average molecular weight is 252 g/mol. The lowest BCUT2D eigenvalue weighted by atomic mass is 10.2. The molecule has 1 rings (SSSR count). The summed E-state index contributed by atoms with van der Waals surface area (Å²) < 4.78 is 1.88. The summed E-state index contributed by atoms with van der Waals surface area (Å²) in [5, 5.41) is 6.20. The monoisotopic (exact) mass is 252 g/mol. The number of nitrogens with one attached hydrogen (secondary N) is 2. The van der Waals surface area contributed by atoms with Gasteiger partial charge in [-0.25, -0.2) is 4.98 Å². The van der Waals surface area contributed by atoms with Crippen molar-refractivity contribution < 1.29 is 4.79 Å². The third kappa shape index (κ3) is 5.31. The molecule has 0 unspecified atom stereocenters. The highest BCUT2D eigenvalue weighted by atomic mass is 16.2. The predicted octanol–water partition coefficient (Wildman–Crippen LogP) is 1.15. The van der Waals surface area contributed by atoms with Crippen molar-refractivity contribution in [1.29, 1.82) is 0 Å². The van der Waals surface area contributed by atoms with Crippen molar-refractivity contribution in [2.45, 2.75) is 46.8 Å². The van der Waals surface area contributed by atoms with Crippen LogP contribution in [0.3, 0.4) is 0 Å². The summed E-state index contributed by atoms with van der Waals surface area (Å²) >= 11 is 0. The van der Waals surface area contributed by atoms with E-state index in [0.29, 0.717) is 19.0 Å². The van der Waals surface area contributed by atoms with E-state index in [1.807, 2.05) is 24.6 Å². The van der Waals surface area contributed by atoms with Gasteiger partial charge in [-0.3, -0.25) is 4.79 Å². The van der Waals surface area contributed by atoms with Crippen LogP contribution in [-0.4, -0.2) is 28.0 Å². The summed E-state index contributed by atoms with van der Waals surface area (Å²) in [6, 6.07) is 0.170. The van der Waals surface area contributed by atoms with Gasteiger partial charge in [-0.1, -0.05) is 13.8 Å². The van der Waals surface area contributed by atoms with Crippen molar-refractivity contribution in [2.75, 3.05) is 6.54 Å². The number of rotatable bonds is 7. The van der Waals surface area contributed by atoms with E-state index in [2.05, 4.69) is 29.5 Å². The predicted molar refractivity (Wildman–Crippen MR) is 72.1 cm³/mol. The molecule has 0 fully saturated rings. The minimum atomic E-state index is 0.0214. The van der Waals surface area contributed by atoms with Crippen LogP contribution in [0.5, 0.6) is 0 Å². The van der Waals surface area contributed by atoms with Gasteiger partial charge in [0.1, 0.15) is 12.4 Å². The number of amides is 1. The summed E-state index contributed by atoms with van der Waals surface area (Å²) in [6.07, 6.45) is 3.57. The molecule has 2 N–H and O–H groups in total. The van der Waals surface area contributed by atoms with E-state index in [1.165, 1.54) is 0 Å². The van der Waals surface area contributed by atoms with E-state index < -0.39 is 0 Å². The molecule has 1 heterocycles. The van der Waals surface area contributed by atoms with Crippen molar-refractivity contribution >= 4 is 5.91 Å². The molecule has 0 saturated heterocycles. The molecule has 1 aromatic heterocycles. The Hall–Kier alpha value is -1.36. The van der Waals surface area contributed by atoms with Crippen LogP contribution in [0.4, 0.5) is 0 Å². The molecule has 0 aliphatic rings. The molecule has 18 heavy (non-hydrogen) atoms. The number of imidazole rings is 1. The molecule has 0 aliphatic heterocycles. The molecule has 0 aliphatic carbocycles. The number of aromatic nitrogens is 2.